The first-order valence-electron chi connectivity index (χ1n) is 4.31. The van der Waals surface area contributed by atoms with Crippen LogP contribution in [0, 0.1) is 5.92 Å². The van der Waals surface area contributed by atoms with Gasteiger partial charge in [0.25, 0.3) is 0 Å². The number of carboxylic acid groups (broad SMARTS) is 1. The maximum absolute atomic E-state index is 13.0. The zero-order valence-corrected chi connectivity index (χ0v) is 7.17. The molecule has 0 amide bonds. The number of nitrogens with two attached hydrogens (primary N) is 1. The molecule has 2 unspecified atom stereocenters. The van der Waals surface area contributed by atoms with Gasteiger partial charge in [0, 0.05) is 12.0 Å². The van der Waals surface area contributed by atoms with Crippen LogP contribution in [0.2, 0.25) is 0 Å². The van der Waals surface area contributed by atoms with Crippen molar-refractivity contribution in [1.82, 2.24) is 0 Å². The third kappa shape index (κ3) is 2.15. The van der Waals surface area contributed by atoms with Gasteiger partial charge in [0.05, 0.1) is 0 Å². The number of hydrogen-bond acceptors (Lipinski definition) is 2. The highest BCUT2D eigenvalue weighted by Gasteiger charge is 2.48. The molecule has 0 aromatic heterocycles. The van der Waals surface area contributed by atoms with Crippen molar-refractivity contribution in [3.63, 3.8) is 0 Å². The molecule has 0 aliphatic heterocycles. The normalized spacial score (nSPS) is 30.1. The van der Waals surface area contributed by atoms with Crippen molar-refractivity contribution in [3.05, 3.63) is 0 Å². The highest BCUT2D eigenvalue weighted by atomic mass is 19.3. The van der Waals surface area contributed by atoms with Gasteiger partial charge in [-0.3, -0.25) is 0 Å². The molecule has 1 saturated carbocycles. The Kier molecular flexibility index (Phi) is 2.85. The van der Waals surface area contributed by atoms with Gasteiger partial charge >= 0.3 is 11.9 Å². The molecule has 1 aliphatic carbocycles. The first-order valence-corrected chi connectivity index (χ1v) is 4.31. The standard InChI is InChI=1S/C8H13F2NO2/c9-8(10,7(12)13)5-2-1-3-6(11)4-5/h5-6H,1-4,11H2,(H,12,13). The average molecular weight is 193 g/mol. The van der Waals surface area contributed by atoms with Crippen molar-refractivity contribution < 1.29 is 18.7 Å². The van der Waals surface area contributed by atoms with E-state index < -0.39 is 17.8 Å². The number of rotatable bonds is 2. The van der Waals surface area contributed by atoms with Gasteiger partial charge in [-0.1, -0.05) is 6.42 Å². The smallest absolute Gasteiger partial charge is 0.374 e. The maximum Gasteiger partial charge on any atom is 0.374 e. The third-order valence-electron chi connectivity index (χ3n) is 2.51. The molecule has 5 heteroatoms. The summed E-state index contributed by atoms with van der Waals surface area (Å²) in [4.78, 5) is 10.2. The lowest BCUT2D eigenvalue weighted by atomic mass is 9.82. The molecule has 1 rings (SSSR count). The van der Waals surface area contributed by atoms with Crippen LogP contribution in [0.4, 0.5) is 8.78 Å². The number of hydrogen-bond donors (Lipinski definition) is 2. The van der Waals surface area contributed by atoms with Crippen LogP contribution >= 0.6 is 0 Å². The molecule has 2 atom stereocenters. The van der Waals surface area contributed by atoms with Crippen LogP contribution in [-0.2, 0) is 4.79 Å². The van der Waals surface area contributed by atoms with Gasteiger partial charge < -0.3 is 10.8 Å². The van der Waals surface area contributed by atoms with Crippen LogP contribution in [0.3, 0.4) is 0 Å². The van der Waals surface area contributed by atoms with Crippen molar-refractivity contribution in [2.24, 2.45) is 11.7 Å². The van der Waals surface area contributed by atoms with E-state index in [1.807, 2.05) is 0 Å². The lowest BCUT2D eigenvalue weighted by Gasteiger charge is -2.30. The second-order valence-corrected chi connectivity index (χ2v) is 3.55. The lowest BCUT2D eigenvalue weighted by Crippen LogP contribution is -2.42. The molecule has 76 valence electrons. The summed E-state index contributed by atoms with van der Waals surface area (Å²) in [6, 6.07) is -0.274. The molecule has 3 nitrogen and oxygen atoms in total. The Bertz CT molecular complexity index is 208. The van der Waals surface area contributed by atoms with Crippen LogP contribution in [0.1, 0.15) is 25.7 Å². The summed E-state index contributed by atoms with van der Waals surface area (Å²) in [5, 5.41) is 8.29. The van der Waals surface area contributed by atoms with Gasteiger partial charge in [-0.2, -0.15) is 8.78 Å². The zero-order chi connectivity index (χ0) is 10.1. The zero-order valence-electron chi connectivity index (χ0n) is 7.17. The van der Waals surface area contributed by atoms with Crippen LogP contribution in [0.5, 0.6) is 0 Å². The summed E-state index contributed by atoms with van der Waals surface area (Å²) in [5.41, 5.74) is 5.50. The predicted octanol–water partition coefficient (Wildman–Crippen LogP) is 1.22. The van der Waals surface area contributed by atoms with Crippen LogP contribution in [0.25, 0.3) is 0 Å². The number of carboxylic acids is 1. The van der Waals surface area contributed by atoms with E-state index in [4.69, 9.17) is 10.8 Å². The number of carbonyl (C=O) groups is 1. The summed E-state index contributed by atoms with van der Waals surface area (Å²) in [7, 11) is 0. The summed E-state index contributed by atoms with van der Waals surface area (Å²) >= 11 is 0. The monoisotopic (exact) mass is 193 g/mol. The van der Waals surface area contributed by atoms with Gasteiger partial charge in [-0.05, 0) is 19.3 Å². The van der Waals surface area contributed by atoms with Gasteiger partial charge in [-0.25, -0.2) is 4.79 Å². The molecule has 1 fully saturated rings. The SMILES string of the molecule is NC1CCCC(C(F)(F)C(=O)O)C1. The molecule has 0 spiro atoms. The number of alkyl halides is 2. The molecule has 0 bridgehead atoms. The highest BCUT2D eigenvalue weighted by molar-refractivity contribution is 5.75. The minimum Gasteiger partial charge on any atom is -0.477 e. The Hall–Kier alpha value is -0.710. The van der Waals surface area contributed by atoms with E-state index in [0.717, 1.165) is 0 Å². The van der Waals surface area contributed by atoms with Crippen molar-refractivity contribution in [2.75, 3.05) is 0 Å². The molecule has 0 aromatic rings. The molecule has 13 heavy (non-hydrogen) atoms. The fourth-order valence-electron chi connectivity index (χ4n) is 1.73. The Morgan fingerprint density at radius 1 is 1.46 bits per heavy atom. The Labute approximate surface area is 74.9 Å². The Balaban J connectivity index is 2.64. The van der Waals surface area contributed by atoms with Crippen LogP contribution < -0.4 is 5.73 Å². The third-order valence-corrected chi connectivity index (χ3v) is 2.51. The number of halogens is 2. The first-order chi connectivity index (χ1) is 5.94. The lowest BCUT2D eigenvalue weighted by molar-refractivity contribution is -0.175. The second-order valence-electron chi connectivity index (χ2n) is 3.55. The molecule has 0 heterocycles. The molecule has 0 radical (unpaired) electrons. The van der Waals surface area contributed by atoms with Crippen LogP contribution in [-0.4, -0.2) is 23.0 Å². The van der Waals surface area contributed by atoms with E-state index >= 15 is 0 Å². The molecule has 0 saturated heterocycles. The molecular formula is C8H13F2NO2. The van der Waals surface area contributed by atoms with Crippen molar-refractivity contribution >= 4 is 5.97 Å². The van der Waals surface area contributed by atoms with Crippen molar-refractivity contribution in [3.8, 4) is 0 Å². The van der Waals surface area contributed by atoms with Gasteiger partial charge in [0.15, 0.2) is 0 Å². The topological polar surface area (TPSA) is 63.3 Å². The predicted molar refractivity (Wildman–Crippen MR) is 42.5 cm³/mol. The largest absolute Gasteiger partial charge is 0.477 e. The van der Waals surface area contributed by atoms with E-state index in [-0.39, 0.29) is 18.9 Å². The average Bonchev–Trinajstić information content (AvgIpc) is 2.04. The fraction of sp³-hybridized carbons (Fsp3) is 0.875. The van der Waals surface area contributed by atoms with E-state index in [9.17, 15) is 13.6 Å². The minimum absolute atomic E-state index is 0.110. The summed E-state index contributed by atoms with van der Waals surface area (Å²) < 4.78 is 25.9. The van der Waals surface area contributed by atoms with E-state index in [1.165, 1.54) is 0 Å². The fourth-order valence-corrected chi connectivity index (χ4v) is 1.73. The van der Waals surface area contributed by atoms with E-state index in [0.29, 0.717) is 12.8 Å². The molecule has 0 aromatic carbocycles. The summed E-state index contributed by atoms with van der Waals surface area (Å²) in [6.07, 6.45) is 1.67. The second kappa shape index (κ2) is 3.57. The van der Waals surface area contributed by atoms with E-state index in [1.54, 1.807) is 0 Å². The van der Waals surface area contributed by atoms with Crippen LogP contribution in [0.15, 0.2) is 0 Å². The maximum atomic E-state index is 13.0. The Morgan fingerprint density at radius 3 is 2.54 bits per heavy atom. The first kappa shape index (κ1) is 10.4. The Morgan fingerprint density at radius 2 is 2.08 bits per heavy atom. The molecular weight excluding hydrogens is 180 g/mol. The van der Waals surface area contributed by atoms with E-state index in [2.05, 4.69) is 0 Å². The number of aliphatic carboxylic acids is 1. The van der Waals surface area contributed by atoms with Crippen molar-refractivity contribution in [1.29, 1.82) is 0 Å². The molecule has 3 N–H and O–H groups in total. The summed E-state index contributed by atoms with van der Waals surface area (Å²) in [5.74, 6) is -6.74. The molecule has 1 aliphatic rings. The highest BCUT2D eigenvalue weighted by Crippen LogP contribution is 2.36. The quantitative estimate of drug-likeness (QED) is 0.693. The summed E-state index contributed by atoms with van der Waals surface area (Å²) in [6.45, 7) is 0. The van der Waals surface area contributed by atoms with Gasteiger partial charge in [0.1, 0.15) is 0 Å². The van der Waals surface area contributed by atoms with Gasteiger partial charge in [-0.15, -0.1) is 0 Å². The van der Waals surface area contributed by atoms with Gasteiger partial charge in [0.2, 0.25) is 0 Å². The van der Waals surface area contributed by atoms with Crippen molar-refractivity contribution in [2.45, 2.75) is 37.6 Å². The minimum atomic E-state index is -3.61.